The van der Waals surface area contributed by atoms with Gasteiger partial charge in [-0.3, -0.25) is 4.79 Å². The summed E-state index contributed by atoms with van der Waals surface area (Å²) in [4.78, 5) is 14.2. The van der Waals surface area contributed by atoms with E-state index in [0.717, 1.165) is 32.6 Å². The maximum atomic E-state index is 12.2. The Bertz CT molecular complexity index is 391. The number of nitrogens with zero attached hydrogens (tertiary/aromatic N) is 1. The molecular weight excluding hydrogens is 236 g/mol. The third-order valence-corrected chi connectivity index (χ3v) is 3.56. The molecular formula is C13H17ClN2O. The highest BCUT2D eigenvalue weighted by atomic mass is 35.5. The Labute approximate surface area is 108 Å². The average Bonchev–Trinajstić information content (AvgIpc) is 2.97. The van der Waals surface area contributed by atoms with Gasteiger partial charge in [0.1, 0.15) is 0 Å². The van der Waals surface area contributed by atoms with Crippen LogP contribution in [0.1, 0.15) is 17.5 Å². The summed E-state index contributed by atoms with van der Waals surface area (Å²) in [6, 6.07) is 8.33. The zero-order chi connectivity index (χ0) is 11.0. The highest BCUT2D eigenvalue weighted by Gasteiger charge is 2.30. The number of fused-ring (bicyclic) bond motifs is 1. The van der Waals surface area contributed by atoms with Crippen molar-refractivity contribution >= 4 is 18.3 Å². The summed E-state index contributed by atoms with van der Waals surface area (Å²) in [5.74, 6) is 0.524. The molecule has 1 saturated heterocycles. The molecule has 0 radical (unpaired) electrons. The fourth-order valence-electron chi connectivity index (χ4n) is 2.61. The highest BCUT2D eigenvalue weighted by Crippen LogP contribution is 2.24. The van der Waals surface area contributed by atoms with Gasteiger partial charge in [0, 0.05) is 19.6 Å². The molecule has 0 aromatic heterocycles. The second kappa shape index (κ2) is 5.07. The summed E-state index contributed by atoms with van der Waals surface area (Å²) in [7, 11) is 0. The zero-order valence-corrected chi connectivity index (χ0v) is 10.5. The molecule has 1 fully saturated rings. The Hall–Kier alpha value is -1.06. The van der Waals surface area contributed by atoms with Crippen LogP contribution in [0.2, 0.25) is 0 Å². The number of carbonyl (C=O) groups is 1. The van der Waals surface area contributed by atoms with E-state index in [0.29, 0.717) is 5.91 Å². The SMILES string of the molecule is Cl.O=C(C1CCNC1)N1Cc2ccccc2C1. The van der Waals surface area contributed by atoms with Crippen molar-refractivity contribution in [1.82, 2.24) is 10.2 Å². The molecule has 3 rings (SSSR count). The predicted molar refractivity (Wildman–Crippen MR) is 68.9 cm³/mol. The Morgan fingerprint density at radius 3 is 2.41 bits per heavy atom. The van der Waals surface area contributed by atoms with Gasteiger partial charge in [0.25, 0.3) is 0 Å². The standard InChI is InChI=1S/C13H16N2O.ClH/c16-13(10-5-6-14-7-10)15-8-11-3-1-2-4-12(11)9-15;/h1-4,10,14H,5-9H2;1H. The first-order chi connectivity index (χ1) is 7.84. The highest BCUT2D eigenvalue weighted by molar-refractivity contribution is 5.85. The van der Waals surface area contributed by atoms with E-state index >= 15 is 0 Å². The number of rotatable bonds is 1. The molecule has 1 unspecified atom stereocenters. The smallest absolute Gasteiger partial charge is 0.227 e. The number of carbonyl (C=O) groups excluding carboxylic acids is 1. The fourth-order valence-corrected chi connectivity index (χ4v) is 2.61. The quantitative estimate of drug-likeness (QED) is 0.823. The molecule has 0 spiro atoms. The third-order valence-electron chi connectivity index (χ3n) is 3.56. The van der Waals surface area contributed by atoms with E-state index in [-0.39, 0.29) is 18.3 Å². The summed E-state index contributed by atoms with van der Waals surface area (Å²) in [5.41, 5.74) is 2.61. The molecule has 0 saturated carbocycles. The first-order valence-corrected chi connectivity index (χ1v) is 5.91. The molecule has 1 amide bonds. The largest absolute Gasteiger partial charge is 0.334 e. The van der Waals surface area contributed by atoms with Gasteiger partial charge in [0.2, 0.25) is 5.91 Å². The molecule has 17 heavy (non-hydrogen) atoms. The zero-order valence-electron chi connectivity index (χ0n) is 9.69. The van der Waals surface area contributed by atoms with Crippen molar-refractivity contribution in [3.05, 3.63) is 35.4 Å². The second-order valence-electron chi connectivity index (χ2n) is 4.65. The van der Waals surface area contributed by atoms with E-state index in [2.05, 4.69) is 17.4 Å². The predicted octanol–water partition coefficient (Wildman–Crippen LogP) is 1.56. The van der Waals surface area contributed by atoms with Gasteiger partial charge >= 0.3 is 0 Å². The van der Waals surface area contributed by atoms with Crippen molar-refractivity contribution in [2.24, 2.45) is 5.92 Å². The van der Waals surface area contributed by atoms with Crippen molar-refractivity contribution in [3.8, 4) is 0 Å². The maximum Gasteiger partial charge on any atom is 0.227 e. The summed E-state index contributed by atoms with van der Waals surface area (Å²) in [6.07, 6.45) is 0.992. The Balaban J connectivity index is 0.00000108. The van der Waals surface area contributed by atoms with Crippen LogP contribution in [0.25, 0.3) is 0 Å². The molecule has 2 aliphatic rings. The third kappa shape index (κ3) is 2.31. The molecule has 2 heterocycles. The van der Waals surface area contributed by atoms with Crippen molar-refractivity contribution in [2.45, 2.75) is 19.5 Å². The minimum Gasteiger partial charge on any atom is -0.334 e. The fraction of sp³-hybridized carbons (Fsp3) is 0.462. The van der Waals surface area contributed by atoms with Crippen LogP contribution in [0.3, 0.4) is 0 Å². The molecule has 1 aromatic carbocycles. The number of halogens is 1. The molecule has 1 aromatic rings. The maximum absolute atomic E-state index is 12.2. The van der Waals surface area contributed by atoms with Gasteiger partial charge < -0.3 is 10.2 Å². The lowest BCUT2D eigenvalue weighted by Crippen LogP contribution is -2.33. The molecule has 92 valence electrons. The monoisotopic (exact) mass is 252 g/mol. The summed E-state index contributed by atoms with van der Waals surface area (Å²) >= 11 is 0. The normalized spacial score (nSPS) is 22.1. The number of hydrogen-bond acceptors (Lipinski definition) is 2. The van der Waals surface area contributed by atoms with Crippen LogP contribution < -0.4 is 5.32 Å². The number of nitrogens with one attached hydrogen (secondary N) is 1. The van der Waals surface area contributed by atoms with Gasteiger partial charge in [-0.2, -0.15) is 0 Å². The minimum atomic E-state index is 0. The van der Waals surface area contributed by atoms with Crippen molar-refractivity contribution < 1.29 is 4.79 Å². The van der Waals surface area contributed by atoms with E-state index in [9.17, 15) is 4.79 Å². The molecule has 1 atom stereocenters. The Kier molecular flexibility index (Phi) is 3.69. The van der Waals surface area contributed by atoms with Crippen LogP contribution in [-0.4, -0.2) is 23.9 Å². The van der Waals surface area contributed by atoms with E-state index in [1.807, 2.05) is 17.0 Å². The van der Waals surface area contributed by atoms with Crippen molar-refractivity contribution in [1.29, 1.82) is 0 Å². The van der Waals surface area contributed by atoms with E-state index in [4.69, 9.17) is 0 Å². The topological polar surface area (TPSA) is 32.3 Å². The van der Waals surface area contributed by atoms with Gasteiger partial charge in [-0.15, -0.1) is 12.4 Å². The van der Waals surface area contributed by atoms with Gasteiger partial charge in [-0.25, -0.2) is 0 Å². The van der Waals surface area contributed by atoms with Crippen LogP contribution >= 0.6 is 12.4 Å². The average molecular weight is 253 g/mol. The lowest BCUT2D eigenvalue weighted by molar-refractivity contribution is -0.135. The first kappa shape index (κ1) is 12.4. The van der Waals surface area contributed by atoms with Gasteiger partial charge in [0.05, 0.1) is 5.92 Å². The van der Waals surface area contributed by atoms with Crippen molar-refractivity contribution in [2.75, 3.05) is 13.1 Å². The minimum absolute atomic E-state index is 0. The van der Waals surface area contributed by atoms with Crippen LogP contribution in [0.15, 0.2) is 24.3 Å². The van der Waals surface area contributed by atoms with Gasteiger partial charge in [-0.1, -0.05) is 24.3 Å². The number of amides is 1. The van der Waals surface area contributed by atoms with Crippen LogP contribution in [0.4, 0.5) is 0 Å². The first-order valence-electron chi connectivity index (χ1n) is 5.91. The Morgan fingerprint density at radius 1 is 1.24 bits per heavy atom. The van der Waals surface area contributed by atoms with E-state index < -0.39 is 0 Å². The summed E-state index contributed by atoms with van der Waals surface area (Å²) in [5, 5.41) is 3.25. The van der Waals surface area contributed by atoms with E-state index in [1.165, 1.54) is 11.1 Å². The molecule has 2 aliphatic heterocycles. The van der Waals surface area contributed by atoms with Gasteiger partial charge in [-0.05, 0) is 24.1 Å². The molecule has 3 nitrogen and oxygen atoms in total. The lowest BCUT2D eigenvalue weighted by Gasteiger charge is -2.19. The summed E-state index contributed by atoms with van der Waals surface area (Å²) < 4.78 is 0. The second-order valence-corrected chi connectivity index (χ2v) is 4.65. The van der Waals surface area contributed by atoms with Crippen LogP contribution in [0, 0.1) is 5.92 Å². The van der Waals surface area contributed by atoms with Crippen LogP contribution in [0.5, 0.6) is 0 Å². The number of hydrogen-bond donors (Lipinski definition) is 1. The Morgan fingerprint density at radius 2 is 1.88 bits per heavy atom. The molecule has 4 heteroatoms. The number of benzene rings is 1. The van der Waals surface area contributed by atoms with Gasteiger partial charge in [0.15, 0.2) is 0 Å². The molecule has 0 aliphatic carbocycles. The lowest BCUT2D eigenvalue weighted by atomic mass is 10.1. The molecule has 0 bridgehead atoms. The van der Waals surface area contributed by atoms with Crippen molar-refractivity contribution in [3.63, 3.8) is 0 Å². The summed E-state index contributed by atoms with van der Waals surface area (Å²) in [6.45, 7) is 3.43. The van der Waals surface area contributed by atoms with E-state index in [1.54, 1.807) is 0 Å². The van der Waals surface area contributed by atoms with Crippen LogP contribution in [-0.2, 0) is 17.9 Å². The molecule has 1 N–H and O–H groups in total.